The molecule has 0 radical (unpaired) electrons. The summed E-state index contributed by atoms with van der Waals surface area (Å²) in [6.07, 6.45) is 1.72. The molecular weight excluding hydrogens is 114 g/mol. The molecule has 0 heterocycles. The van der Waals surface area contributed by atoms with E-state index in [-0.39, 0.29) is 0 Å². The zero-order chi connectivity index (χ0) is 6.69. The van der Waals surface area contributed by atoms with E-state index < -0.39 is 0 Å². The number of benzene rings is 1. The van der Waals surface area contributed by atoms with Crippen LogP contribution in [-0.2, 0) is 4.79 Å². The van der Waals surface area contributed by atoms with Gasteiger partial charge in [0.25, 0.3) is 5.56 Å². The van der Waals surface area contributed by atoms with E-state index in [2.05, 4.69) is 0 Å². The summed E-state index contributed by atoms with van der Waals surface area (Å²) >= 11 is 0. The maximum atomic E-state index is 10.0. The average molecular weight is 120 g/mol. The lowest BCUT2D eigenvalue weighted by atomic mass is 10.2. The molecule has 44 valence electrons. The molecule has 2 nitrogen and oxygen atoms in total. The molecule has 0 aliphatic rings. The Balaban J connectivity index is 3.15. The Bertz CT molecular complexity index is 220. The van der Waals surface area contributed by atoms with Crippen LogP contribution in [0.2, 0.25) is 0 Å². The van der Waals surface area contributed by atoms with Crippen LogP contribution in [0.1, 0.15) is 5.56 Å². The molecule has 1 rings (SSSR count). The van der Waals surface area contributed by atoms with Gasteiger partial charge in [0.1, 0.15) is 0 Å². The van der Waals surface area contributed by atoms with Gasteiger partial charge in [-0.3, -0.25) is 0 Å². The molecule has 2 heteroatoms. The fourth-order valence-electron chi connectivity index (χ4n) is 0.590. The summed E-state index contributed by atoms with van der Waals surface area (Å²) in [5, 5.41) is 0. The molecule has 0 saturated heterocycles. The summed E-state index contributed by atoms with van der Waals surface area (Å²) in [6, 6.07) is 6.81. The Morgan fingerprint density at radius 3 is 2.44 bits per heavy atom. The van der Waals surface area contributed by atoms with Gasteiger partial charge in [0, 0.05) is 6.07 Å². The Morgan fingerprint density at radius 2 is 2.00 bits per heavy atom. The van der Waals surface area contributed by atoms with Crippen molar-refractivity contribution < 1.29 is 4.79 Å². The highest BCUT2D eigenvalue weighted by Gasteiger charge is 2.04. The van der Waals surface area contributed by atoms with Crippen molar-refractivity contribution in [2.24, 2.45) is 0 Å². The molecule has 0 aliphatic carbocycles. The fraction of sp³-hybridized carbons (Fsp3) is 0. The Labute approximate surface area is 53.3 Å². The van der Waals surface area contributed by atoms with E-state index in [0.717, 1.165) is 0 Å². The molecule has 0 aromatic heterocycles. The van der Waals surface area contributed by atoms with Gasteiger partial charge < -0.3 is 5.73 Å². The number of anilines is 1. The third kappa shape index (κ3) is 1.04. The van der Waals surface area contributed by atoms with Crippen LogP contribution in [-0.4, -0.2) is 6.29 Å². The number of hydrogen-bond acceptors (Lipinski definition) is 2. The molecule has 0 atom stereocenters. The van der Waals surface area contributed by atoms with E-state index >= 15 is 0 Å². The third-order valence-electron chi connectivity index (χ3n) is 1.07. The zero-order valence-electron chi connectivity index (χ0n) is 4.79. The summed E-state index contributed by atoms with van der Waals surface area (Å²) in [4.78, 5) is 10.0. The van der Waals surface area contributed by atoms with Crippen LogP contribution in [0.4, 0.5) is 5.69 Å². The first-order chi connectivity index (χ1) is 4.34. The standard InChI is InChI=1S/C7H6NO/c8-7-4-2-1-3-6(7)5-9/h1-4H,8H2/q+1. The first-order valence-electron chi connectivity index (χ1n) is 2.57. The van der Waals surface area contributed by atoms with Crippen LogP contribution in [0.25, 0.3) is 0 Å². The van der Waals surface area contributed by atoms with Gasteiger partial charge in [-0.15, -0.1) is 4.79 Å². The van der Waals surface area contributed by atoms with Gasteiger partial charge in [0.05, 0.1) is 6.07 Å². The van der Waals surface area contributed by atoms with Crippen molar-refractivity contribution in [3.63, 3.8) is 0 Å². The normalized spacial score (nSPS) is 8.44. The predicted octanol–water partition coefficient (Wildman–Crippen LogP) is 0.727. The lowest BCUT2D eigenvalue weighted by molar-refractivity contribution is 0.563. The van der Waals surface area contributed by atoms with Gasteiger partial charge >= 0.3 is 6.29 Å². The van der Waals surface area contributed by atoms with E-state index in [4.69, 9.17) is 5.73 Å². The smallest absolute Gasteiger partial charge is 0.305 e. The largest absolute Gasteiger partial charge is 0.346 e. The van der Waals surface area contributed by atoms with Gasteiger partial charge in [-0.25, -0.2) is 0 Å². The molecule has 0 aliphatic heterocycles. The van der Waals surface area contributed by atoms with Gasteiger partial charge in [-0.2, -0.15) is 0 Å². The number of rotatable bonds is 1. The van der Waals surface area contributed by atoms with Gasteiger partial charge in [0.15, 0.2) is 5.69 Å². The Hall–Kier alpha value is -1.40. The molecule has 0 saturated carbocycles. The van der Waals surface area contributed by atoms with Crippen molar-refractivity contribution in [2.75, 3.05) is 5.73 Å². The van der Waals surface area contributed by atoms with Crippen molar-refractivity contribution in [1.82, 2.24) is 0 Å². The first kappa shape index (κ1) is 5.73. The molecule has 9 heavy (non-hydrogen) atoms. The van der Waals surface area contributed by atoms with Gasteiger partial charge in [0.2, 0.25) is 0 Å². The second-order valence-electron chi connectivity index (χ2n) is 1.69. The second kappa shape index (κ2) is 2.25. The topological polar surface area (TPSA) is 43.1 Å². The molecule has 1 aromatic rings. The first-order valence-corrected chi connectivity index (χ1v) is 2.57. The molecule has 0 spiro atoms. The average Bonchev–Trinajstić information content (AvgIpc) is 1.89. The molecule has 2 N–H and O–H groups in total. The Kier molecular flexibility index (Phi) is 1.43. The van der Waals surface area contributed by atoms with Crippen LogP contribution in [0.5, 0.6) is 0 Å². The number of hydrogen-bond donors (Lipinski definition) is 1. The van der Waals surface area contributed by atoms with E-state index in [1.165, 1.54) is 0 Å². The van der Waals surface area contributed by atoms with Crippen molar-refractivity contribution in [1.29, 1.82) is 0 Å². The Morgan fingerprint density at radius 1 is 1.33 bits per heavy atom. The van der Waals surface area contributed by atoms with Crippen LogP contribution < -0.4 is 5.73 Å². The minimum atomic E-state index is 0.428. The van der Waals surface area contributed by atoms with Crippen molar-refractivity contribution in [2.45, 2.75) is 0 Å². The van der Waals surface area contributed by atoms with Crippen molar-refractivity contribution >= 4 is 12.0 Å². The van der Waals surface area contributed by atoms with Crippen molar-refractivity contribution in [3.05, 3.63) is 29.8 Å². The van der Waals surface area contributed by atoms with E-state index in [1.54, 1.807) is 30.6 Å². The summed E-state index contributed by atoms with van der Waals surface area (Å²) in [5.41, 5.74) is 6.28. The summed E-state index contributed by atoms with van der Waals surface area (Å²) in [5.74, 6) is 0. The minimum absolute atomic E-state index is 0.428. The summed E-state index contributed by atoms with van der Waals surface area (Å²) in [6.45, 7) is 0. The highest BCUT2D eigenvalue weighted by molar-refractivity contribution is 5.83. The molecule has 1 aromatic carbocycles. The molecule has 0 fully saturated rings. The maximum Gasteiger partial charge on any atom is 0.305 e. The highest BCUT2D eigenvalue weighted by atomic mass is 16.1. The van der Waals surface area contributed by atoms with Crippen LogP contribution in [0.15, 0.2) is 24.3 Å². The van der Waals surface area contributed by atoms with E-state index in [0.29, 0.717) is 11.3 Å². The predicted molar refractivity (Wildman–Crippen MR) is 35.6 cm³/mol. The van der Waals surface area contributed by atoms with Crippen LogP contribution >= 0.6 is 0 Å². The number of para-hydroxylation sites is 1. The fourth-order valence-corrected chi connectivity index (χ4v) is 0.590. The molecule has 0 amide bonds. The van der Waals surface area contributed by atoms with Crippen LogP contribution in [0, 0.1) is 0 Å². The van der Waals surface area contributed by atoms with Crippen molar-refractivity contribution in [3.8, 4) is 0 Å². The SMILES string of the molecule is Nc1ccccc1[C+]=O. The molecule has 0 unspecified atom stereocenters. The summed E-state index contributed by atoms with van der Waals surface area (Å²) in [7, 11) is 0. The van der Waals surface area contributed by atoms with Gasteiger partial charge in [-0.05, 0) is 12.1 Å². The van der Waals surface area contributed by atoms with Crippen LogP contribution in [0.3, 0.4) is 0 Å². The quantitative estimate of drug-likeness (QED) is 0.438. The highest BCUT2D eigenvalue weighted by Crippen LogP contribution is 2.05. The van der Waals surface area contributed by atoms with E-state index in [1.807, 2.05) is 0 Å². The van der Waals surface area contributed by atoms with Gasteiger partial charge in [-0.1, -0.05) is 0 Å². The third-order valence-corrected chi connectivity index (χ3v) is 1.07. The summed E-state index contributed by atoms with van der Waals surface area (Å²) < 4.78 is 0. The number of nitrogen functional groups attached to an aromatic ring is 1. The zero-order valence-corrected chi connectivity index (χ0v) is 4.79. The lowest BCUT2D eigenvalue weighted by Gasteiger charge is -1.81. The maximum absolute atomic E-state index is 10.0. The minimum Gasteiger partial charge on any atom is -0.346 e. The number of nitrogens with two attached hydrogens (primary N) is 1. The monoisotopic (exact) mass is 120 g/mol. The second-order valence-corrected chi connectivity index (χ2v) is 1.69. The molecular formula is C7H6NO+. The lowest BCUT2D eigenvalue weighted by Crippen LogP contribution is -1.90. The molecule has 0 bridgehead atoms. The van der Waals surface area contributed by atoms with E-state index in [9.17, 15) is 4.79 Å². The number of carbonyl (C=O) groups excluding carboxylic acids is 1.